The van der Waals surface area contributed by atoms with Crippen LogP contribution in [0.15, 0.2) is 30.8 Å². The summed E-state index contributed by atoms with van der Waals surface area (Å²) in [4.78, 5) is 27.2. The van der Waals surface area contributed by atoms with Gasteiger partial charge in [0.05, 0.1) is 84.5 Å². The predicted octanol–water partition coefficient (Wildman–Crippen LogP) is 7.15. The van der Waals surface area contributed by atoms with Gasteiger partial charge in [-0.3, -0.25) is 9.59 Å². The Bertz CT molecular complexity index is 1110. The zero-order chi connectivity index (χ0) is 38.6. The van der Waals surface area contributed by atoms with Crippen molar-refractivity contribution in [2.75, 3.05) is 79.3 Å². The van der Waals surface area contributed by atoms with Crippen LogP contribution in [0.25, 0.3) is 6.08 Å². The summed E-state index contributed by atoms with van der Waals surface area (Å²) in [6.07, 6.45) is 2.97. The summed E-state index contributed by atoms with van der Waals surface area (Å²) in [7, 11) is 0. The summed E-state index contributed by atoms with van der Waals surface area (Å²) in [5.74, 6) is -1.34. The van der Waals surface area contributed by atoms with E-state index in [4.69, 9.17) is 38.3 Å². The fourth-order valence-electron chi connectivity index (χ4n) is 5.60. The van der Waals surface area contributed by atoms with Crippen LogP contribution in [0.5, 0.6) is 0 Å². The Labute approximate surface area is 308 Å². The van der Waals surface area contributed by atoms with Crippen LogP contribution >= 0.6 is 0 Å². The number of esters is 2. The van der Waals surface area contributed by atoms with E-state index in [0.29, 0.717) is 59.1 Å². The van der Waals surface area contributed by atoms with Crippen LogP contribution in [0.3, 0.4) is 0 Å². The van der Waals surface area contributed by atoms with Gasteiger partial charge in [-0.15, -0.1) is 0 Å². The summed E-state index contributed by atoms with van der Waals surface area (Å²) in [6, 6.07) is 8.06. The third kappa shape index (κ3) is 18.8. The summed E-state index contributed by atoms with van der Waals surface area (Å²) < 4.78 is 39.1. The molecule has 0 aliphatic carbocycles. The third-order valence-electron chi connectivity index (χ3n) is 9.54. The fraction of sp³-hybridized carbons (Fsp3) is 0.756. The molecule has 1 rings (SSSR count). The minimum absolute atomic E-state index is 0.0336. The molecule has 1 N–H and O–H groups in total. The molecule has 0 saturated heterocycles. The molecule has 0 aliphatic heterocycles. The maximum Gasteiger partial charge on any atom is 0.309 e. The molecule has 1 aromatic carbocycles. The molecule has 0 aliphatic rings. The SMILES string of the molecule is C=Cc1ccc(COCCOCCOCCOC(=O)C(CC(C)(C)C(C)(C)C(CC(C)(C)C)C(=O)OCCOCCOCCO)C(C)(C)C)cc1. The second kappa shape index (κ2) is 23.4. The number of carbonyl (C=O) groups excluding carboxylic acids is 2. The Morgan fingerprint density at radius 1 is 0.627 bits per heavy atom. The van der Waals surface area contributed by atoms with E-state index in [1.54, 1.807) is 0 Å². The van der Waals surface area contributed by atoms with Crippen LogP contribution < -0.4 is 0 Å². The van der Waals surface area contributed by atoms with Gasteiger partial charge in [0, 0.05) is 0 Å². The van der Waals surface area contributed by atoms with Crippen LogP contribution in [0.4, 0.5) is 0 Å². The third-order valence-corrected chi connectivity index (χ3v) is 9.54. The number of rotatable bonds is 27. The molecule has 10 nitrogen and oxygen atoms in total. The molecule has 0 spiro atoms. The zero-order valence-corrected chi connectivity index (χ0v) is 33.5. The van der Waals surface area contributed by atoms with Crippen molar-refractivity contribution in [3.8, 4) is 0 Å². The number of ether oxygens (including phenoxy) is 7. The Morgan fingerprint density at radius 3 is 1.49 bits per heavy atom. The van der Waals surface area contributed by atoms with E-state index in [2.05, 4.69) is 55.0 Å². The van der Waals surface area contributed by atoms with Crippen LogP contribution in [-0.4, -0.2) is 96.3 Å². The van der Waals surface area contributed by atoms with Crippen LogP contribution in [0.1, 0.15) is 93.2 Å². The standard InChI is InChI=1S/C41H70O10/c1-12-32-13-15-33(16-14-32)31-49-24-23-46-21-22-48-25-27-50-36(43)34(39(5,6)7)30-40(8,9)41(10,11)35(29-38(2,3)4)37(44)51-28-26-47-20-19-45-18-17-42/h12-16,34-35,42H,1,17-31H2,2-11H3. The predicted molar refractivity (Wildman–Crippen MR) is 201 cm³/mol. The summed E-state index contributed by atoms with van der Waals surface area (Å²) in [5.41, 5.74) is 0.721. The van der Waals surface area contributed by atoms with Crippen LogP contribution in [0, 0.1) is 33.5 Å². The van der Waals surface area contributed by atoms with Gasteiger partial charge in [0.25, 0.3) is 0 Å². The highest BCUT2D eigenvalue weighted by molar-refractivity contribution is 5.74. The van der Waals surface area contributed by atoms with Crippen molar-refractivity contribution in [3.63, 3.8) is 0 Å². The van der Waals surface area contributed by atoms with Crippen LogP contribution in [0.2, 0.25) is 0 Å². The van der Waals surface area contributed by atoms with E-state index < -0.39 is 22.7 Å². The average Bonchev–Trinajstić information content (AvgIpc) is 3.05. The average molecular weight is 723 g/mol. The molecule has 0 radical (unpaired) electrons. The fourth-order valence-corrected chi connectivity index (χ4v) is 5.60. The van der Waals surface area contributed by atoms with Crippen LogP contribution in [-0.2, 0) is 49.4 Å². The molecule has 0 fully saturated rings. The molecule has 51 heavy (non-hydrogen) atoms. The molecule has 0 amide bonds. The van der Waals surface area contributed by atoms with Gasteiger partial charge < -0.3 is 38.3 Å². The van der Waals surface area contributed by atoms with Crippen molar-refractivity contribution in [2.45, 2.75) is 88.7 Å². The van der Waals surface area contributed by atoms with Gasteiger partial charge >= 0.3 is 11.9 Å². The van der Waals surface area contributed by atoms with Crippen molar-refractivity contribution < 1.29 is 47.9 Å². The molecule has 0 aromatic heterocycles. The molecular weight excluding hydrogens is 652 g/mol. The first-order chi connectivity index (χ1) is 23.9. The van der Waals surface area contributed by atoms with Gasteiger partial charge in [0.1, 0.15) is 13.2 Å². The molecule has 2 atom stereocenters. The summed E-state index contributed by atoms with van der Waals surface area (Å²) in [5, 5.41) is 8.80. The van der Waals surface area contributed by atoms with Gasteiger partial charge in [-0.05, 0) is 45.6 Å². The van der Waals surface area contributed by atoms with Gasteiger partial charge in [0.2, 0.25) is 0 Å². The first kappa shape index (κ1) is 46.7. The lowest BCUT2D eigenvalue weighted by Crippen LogP contribution is -2.47. The lowest BCUT2D eigenvalue weighted by Gasteiger charge is -2.49. The number of hydrogen-bond donors (Lipinski definition) is 1. The summed E-state index contributed by atoms with van der Waals surface area (Å²) >= 11 is 0. The molecular formula is C41H70O10. The van der Waals surface area contributed by atoms with Crippen molar-refractivity contribution in [1.82, 2.24) is 0 Å². The zero-order valence-electron chi connectivity index (χ0n) is 33.5. The number of aliphatic hydroxyl groups excluding tert-OH is 1. The largest absolute Gasteiger partial charge is 0.463 e. The van der Waals surface area contributed by atoms with Gasteiger partial charge in [-0.1, -0.05) is 106 Å². The van der Waals surface area contributed by atoms with Crippen molar-refractivity contribution in [1.29, 1.82) is 0 Å². The van der Waals surface area contributed by atoms with Gasteiger partial charge in [0.15, 0.2) is 0 Å². The highest BCUT2D eigenvalue weighted by atomic mass is 16.6. The second-order valence-electron chi connectivity index (χ2n) is 16.6. The van der Waals surface area contributed by atoms with Crippen molar-refractivity contribution >= 4 is 18.0 Å². The van der Waals surface area contributed by atoms with E-state index in [1.165, 1.54) is 0 Å². The lowest BCUT2D eigenvalue weighted by atomic mass is 9.54. The van der Waals surface area contributed by atoms with Crippen molar-refractivity contribution in [2.24, 2.45) is 33.5 Å². The number of benzene rings is 1. The number of carbonyl (C=O) groups is 2. The van der Waals surface area contributed by atoms with E-state index in [0.717, 1.165) is 11.1 Å². The minimum atomic E-state index is -0.523. The molecule has 1 aromatic rings. The number of hydrogen-bond acceptors (Lipinski definition) is 10. The lowest BCUT2D eigenvalue weighted by molar-refractivity contribution is -0.163. The quantitative estimate of drug-likeness (QED) is 0.0741. The smallest absolute Gasteiger partial charge is 0.309 e. The minimum Gasteiger partial charge on any atom is -0.463 e. The normalized spacial score (nSPS) is 13.9. The highest BCUT2D eigenvalue weighted by Gasteiger charge is 2.50. The first-order valence-corrected chi connectivity index (χ1v) is 18.4. The maximum atomic E-state index is 13.6. The highest BCUT2D eigenvalue weighted by Crippen LogP contribution is 2.53. The number of aliphatic hydroxyl groups is 1. The second-order valence-corrected chi connectivity index (χ2v) is 16.6. The van der Waals surface area contributed by atoms with Gasteiger partial charge in [-0.2, -0.15) is 0 Å². The molecule has 0 saturated carbocycles. The monoisotopic (exact) mass is 722 g/mol. The Hall–Kier alpha value is -2.34. The van der Waals surface area contributed by atoms with Gasteiger partial charge in [-0.25, -0.2) is 0 Å². The molecule has 0 bridgehead atoms. The molecule has 294 valence electrons. The molecule has 10 heteroatoms. The van der Waals surface area contributed by atoms with Crippen molar-refractivity contribution in [3.05, 3.63) is 42.0 Å². The molecule has 0 heterocycles. The van der Waals surface area contributed by atoms with E-state index >= 15 is 0 Å². The maximum absolute atomic E-state index is 13.6. The Balaban J connectivity index is 2.61. The Morgan fingerprint density at radius 2 is 1.06 bits per heavy atom. The summed E-state index contributed by atoms with van der Waals surface area (Å²) in [6.45, 7) is 28.8. The Kier molecular flexibility index (Phi) is 21.4. The molecule has 2 unspecified atom stereocenters. The van der Waals surface area contributed by atoms with E-state index in [9.17, 15) is 9.59 Å². The first-order valence-electron chi connectivity index (χ1n) is 18.4. The van der Waals surface area contributed by atoms with E-state index in [1.807, 2.05) is 51.1 Å². The van der Waals surface area contributed by atoms with E-state index in [-0.39, 0.29) is 62.4 Å². The topological polar surface area (TPSA) is 119 Å².